The van der Waals surface area contributed by atoms with Crippen LogP contribution in [0.4, 0.5) is 0 Å². The van der Waals surface area contributed by atoms with E-state index >= 15 is 0 Å². The number of nitrogens with one attached hydrogen (secondary N) is 2. The highest BCUT2D eigenvalue weighted by Crippen LogP contribution is 2.25. The number of nitrogens with zero attached hydrogens (tertiary/aromatic N) is 1. The molecule has 0 spiro atoms. The molecule has 0 heterocycles. The molecule has 0 fully saturated rings. The Bertz CT molecular complexity index is 1160. The number of hydrogen-bond donors (Lipinski definition) is 3. The van der Waals surface area contributed by atoms with Crippen molar-refractivity contribution in [2.45, 2.75) is 72.5 Å². The third kappa shape index (κ3) is 7.14. The molecule has 1 aliphatic carbocycles. The first-order chi connectivity index (χ1) is 17.6. The minimum Gasteiger partial charge on any atom is -0.480 e. The van der Waals surface area contributed by atoms with Crippen molar-refractivity contribution in [3.05, 3.63) is 47.0 Å². The molecule has 1 aromatic carbocycles. The molecule has 10 nitrogen and oxygen atoms in total. The summed E-state index contributed by atoms with van der Waals surface area (Å²) in [5.41, 5.74) is 0.00554. The number of ketones is 2. The number of fused-ring (bicyclic) bond motifs is 1. The lowest BCUT2D eigenvalue weighted by Gasteiger charge is -2.31. The van der Waals surface area contributed by atoms with Crippen LogP contribution >= 0.6 is 0 Å². The molecular weight excluding hydrogens is 490 g/mol. The van der Waals surface area contributed by atoms with E-state index in [-0.39, 0.29) is 41.5 Å². The first kappa shape index (κ1) is 30.4. The van der Waals surface area contributed by atoms with E-state index in [2.05, 4.69) is 10.6 Å². The standard InChI is InChI=1S/C28H37N3O7/c1-15(2)22(25(35)31(7)16(3)26(36)37)30-24(34)20(29-27(38)28(4,5)6)13-12-17-14-21(32)18-10-8-9-11-19(18)23(17)33/h8-11,14-16,20,22H,12-13H2,1-7H3,(H,29,38)(H,30,34)(H,36,37)/t16-,20-,22-/m0/s1. The van der Waals surface area contributed by atoms with Crippen LogP contribution in [0.2, 0.25) is 0 Å². The molecule has 0 aliphatic heterocycles. The fourth-order valence-electron chi connectivity index (χ4n) is 3.84. The first-order valence-electron chi connectivity index (χ1n) is 12.6. The van der Waals surface area contributed by atoms with Crippen LogP contribution in [0.15, 0.2) is 35.9 Å². The number of aliphatic carboxylic acids is 1. The van der Waals surface area contributed by atoms with Gasteiger partial charge in [-0.3, -0.25) is 24.0 Å². The molecule has 10 heteroatoms. The lowest BCUT2D eigenvalue weighted by atomic mass is 9.86. The Morgan fingerprint density at radius 1 is 0.974 bits per heavy atom. The molecule has 0 aromatic heterocycles. The van der Waals surface area contributed by atoms with Crippen molar-refractivity contribution in [2.24, 2.45) is 11.3 Å². The van der Waals surface area contributed by atoms with E-state index in [1.807, 2.05) is 0 Å². The molecule has 3 atom stereocenters. The highest BCUT2D eigenvalue weighted by molar-refractivity contribution is 6.24. The van der Waals surface area contributed by atoms with E-state index in [1.165, 1.54) is 20.0 Å². The number of rotatable bonds is 10. The van der Waals surface area contributed by atoms with Gasteiger partial charge in [0.2, 0.25) is 17.7 Å². The maximum atomic E-state index is 13.4. The van der Waals surface area contributed by atoms with E-state index < -0.39 is 47.2 Å². The smallest absolute Gasteiger partial charge is 0.326 e. The minimum absolute atomic E-state index is 0.00104. The Kier molecular flexibility index (Phi) is 9.72. The van der Waals surface area contributed by atoms with E-state index in [9.17, 15) is 33.9 Å². The maximum absolute atomic E-state index is 13.4. The largest absolute Gasteiger partial charge is 0.480 e. The zero-order chi connectivity index (χ0) is 28.9. The Morgan fingerprint density at radius 3 is 2.08 bits per heavy atom. The van der Waals surface area contributed by atoms with E-state index in [4.69, 9.17) is 0 Å². The van der Waals surface area contributed by atoms with Crippen LogP contribution in [0.25, 0.3) is 0 Å². The van der Waals surface area contributed by atoms with E-state index in [0.29, 0.717) is 5.56 Å². The van der Waals surface area contributed by atoms with Crippen LogP contribution in [-0.2, 0) is 19.2 Å². The zero-order valence-corrected chi connectivity index (χ0v) is 23.0. The number of likely N-dealkylation sites (N-methyl/N-ethyl adjacent to an activating group) is 1. The molecule has 1 aliphatic rings. The normalized spacial score (nSPS) is 15.6. The molecule has 0 saturated heterocycles. The second kappa shape index (κ2) is 12.1. The average molecular weight is 528 g/mol. The number of hydrogen-bond acceptors (Lipinski definition) is 6. The molecule has 1 aromatic rings. The quantitative estimate of drug-likeness (QED) is 0.423. The van der Waals surface area contributed by atoms with Gasteiger partial charge in [-0.15, -0.1) is 0 Å². The van der Waals surface area contributed by atoms with Gasteiger partial charge in [-0.1, -0.05) is 58.9 Å². The van der Waals surface area contributed by atoms with Crippen LogP contribution in [0.1, 0.15) is 75.1 Å². The van der Waals surface area contributed by atoms with Crippen molar-refractivity contribution >= 4 is 35.3 Å². The van der Waals surface area contributed by atoms with E-state index in [0.717, 1.165) is 4.90 Å². The van der Waals surface area contributed by atoms with Gasteiger partial charge in [-0.25, -0.2) is 4.79 Å². The van der Waals surface area contributed by atoms with Gasteiger partial charge in [-0.2, -0.15) is 0 Å². The number of benzene rings is 1. The predicted octanol–water partition coefficient (Wildman–Crippen LogP) is 2.38. The van der Waals surface area contributed by atoms with Crippen molar-refractivity contribution in [3.63, 3.8) is 0 Å². The Labute approximate surface area is 222 Å². The van der Waals surface area contributed by atoms with Crippen molar-refractivity contribution < 1.29 is 33.9 Å². The summed E-state index contributed by atoms with van der Waals surface area (Å²) in [6.07, 6.45) is 1.30. The average Bonchev–Trinajstić information content (AvgIpc) is 2.85. The number of carboxylic acid groups (broad SMARTS) is 1. The van der Waals surface area contributed by atoms with Gasteiger partial charge >= 0.3 is 5.97 Å². The van der Waals surface area contributed by atoms with Gasteiger partial charge in [0.05, 0.1) is 0 Å². The molecule has 206 valence electrons. The lowest BCUT2D eigenvalue weighted by Crippen LogP contribution is -2.58. The predicted molar refractivity (Wildman–Crippen MR) is 140 cm³/mol. The van der Waals surface area contributed by atoms with E-state index in [1.54, 1.807) is 58.9 Å². The van der Waals surface area contributed by atoms with Gasteiger partial charge in [0.1, 0.15) is 18.1 Å². The molecule has 0 radical (unpaired) electrons. The lowest BCUT2D eigenvalue weighted by molar-refractivity contribution is -0.150. The summed E-state index contributed by atoms with van der Waals surface area (Å²) in [7, 11) is 1.34. The summed E-state index contributed by atoms with van der Waals surface area (Å²) < 4.78 is 0. The highest BCUT2D eigenvalue weighted by atomic mass is 16.4. The van der Waals surface area contributed by atoms with Gasteiger partial charge in [0.25, 0.3) is 0 Å². The Hall–Kier alpha value is -3.82. The second-order valence-electron chi connectivity index (χ2n) is 10.9. The molecule has 0 unspecified atom stereocenters. The van der Waals surface area contributed by atoms with Crippen molar-refractivity contribution in [1.82, 2.24) is 15.5 Å². The minimum atomic E-state index is -1.19. The monoisotopic (exact) mass is 527 g/mol. The SMILES string of the molecule is CC(C)[C@H](NC(=O)[C@H](CCC1=CC(=O)c2ccccc2C1=O)NC(=O)C(C)(C)C)C(=O)N(C)[C@@H](C)C(=O)O. The fraction of sp³-hybridized carbons (Fsp3) is 0.500. The van der Waals surface area contributed by atoms with Crippen LogP contribution in [0.3, 0.4) is 0 Å². The van der Waals surface area contributed by atoms with Crippen LogP contribution in [0.5, 0.6) is 0 Å². The third-order valence-electron chi connectivity index (χ3n) is 6.56. The molecule has 0 saturated carbocycles. The number of carbonyl (C=O) groups is 6. The summed E-state index contributed by atoms with van der Waals surface area (Å²) in [5, 5.41) is 14.6. The topological polar surface area (TPSA) is 150 Å². The number of allylic oxidation sites excluding steroid dienone is 2. The molecule has 38 heavy (non-hydrogen) atoms. The summed E-state index contributed by atoms with van der Waals surface area (Å²) >= 11 is 0. The molecule has 0 bridgehead atoms. The number of amides is 3. The number of Topliss-reactive ketones (excluding diaryl/α,β-unsaturated/α-hetero) is 1. The van der Waals surface area contributed by atoms with Gasteiger partial charge < -0.3 is 20.6 Å². The third-order valence-corrected chi connectivity index (χ3v) is 6.56. The summed E-state index contributed by atoms with van der Waals surface area (Å²) in [6, 6.07) is 3.22. The maximum Gasteiger partial charge on any atom is 0.326 e. The Morgan fingerprint density at radius 2 is 1.55 bits per heavy atom. The summed E-state index contributed by atoms with van der Waals surface area (Å²) in [5.74, 6) is -3.85. The highest BCUT2D eigenvalue weighted by Gasteiger charge is 2.35. The fourth-order valence-corrected chi connectivity index (χ4v) is 3.84. The van der Waals surface area contributed by atoms with Gasteiger partial charge in [-0.05, 0) is 31.8 Å². The molecule has 3 N–H and O–H groups in total. The van der Waals surface area contributed by atoms with Crippen molar-refractivity contribution in [3.8, 4) is 0 Å². The number of carbonyl (C=O) groups excluding carboxylic acids is 5. The van der Waals surface area contributed by atoms with Crippen LogP contribution < -0.4 is 10.6 Å². The first-order valence-corrected chi connectivity index (χ1v) is 12.6. The molecule has 3 amide bonds. The van der Waals surface area contributed by atoms with Gasteiger partial charge in [0, 0.05) is 29.2 Å². The van der Waals surface area contributed by atoms with Gasteiger partial charge in [0.15, 0.2) is 11.6 Å². The van der Waals surface area contributed by atoms with Crippen LogP contribution in [-0.4, -0.2) is 70.4 Å². The molecule has 2 rings (SSSR count). The Balaban J connectivity index is 2.28. The second-order valence-corrected chi connectivity index (χ2v) is 10.9. The summed E-state index contributed by atoms with van der Waals surface area (Å²) in [6.45, 7) is 9.83. The zero-order valence-electron chi connectivity index (χ0n) is 23.0. The van der Waals surface area contributed by atoms with Crippen molar-refractivity contribution in [1.29, 1.82) is 0 Å². The molecular formula is C28H37N3O7. The van der Waals surface area contributed by atoms with Crippen LogP contribution in [0, 0.1) is 11.3 Å². The van der Waals surface area contributed by atoms with Crippen molar-refractivity contribution in [2.75, 3.05) is 7.05 Å². The summed E-state index contributed by atoms with van der Waals surface area (Å²) in [4.78, 5) is 77.1. The number of carboxylic acids is 1.